The summed E-state index contributed by atoms with van der Waals surface area (Å²) in [4.78, 5) is 39.9. The maximum absolute atomic E-state index is 12.5. The molecule has 3 amide bonds. The van der Waals surface area contributed by atoms with E-state index in [9.17, 15) is 14.4 Å². The number of hydrogen-bond acceptors (Lipinski definition) is 4. The van der Waals surface area contributed by atoms with E-state index in [0.717, 1.165) is 5.56 Å². The first-order valence-corrected chi connectivity index (χ1v) is 10.1. The lowest BCUT2D eigenvalue weighted by Gasteiger charge is -2.09. The molecule has 0 aliphatic rings. The first kappa shape index (κ1) is 24.1. The number of carbonyl (C=O) groups is 3. The Labute approximate surface area is 188 Å². The summed E-state index contributed by atoms with van der Waals surface area (Å²) >= 11 is 0. The predicted octanol–water partition coefficient (Wildman–Crippen LogP) is 3.42. The largest absolute Gasteiger partial charge is 0.311 e. The number of amides is 3. The van der Waals surface area contributed by atoms with E-state index in [1.54, 1.807) is 54.8 Å². The Hall–Kier alpha value is -4.18. The van der Waals surface area contributed by atoms with Gasteiger partial charge in [-0.2, -0.15) is 0 Å². The van der Waals surface area contributed by atoms with Crippen LogP contribution in [0.4, 0.5) is 5.82 Å². The monoisotopic (exact) mass is 430 g/mol. The van der Waals surface area contributed by atoms with Gasteiger partial charge in [0, 0.05) is 35.4 Å². The van der Waals surface area contributed by atoms with Crippen LogP contribution in [0.3, 0.4) is 0 Å². The van der Waals surface area contributed by atoms with Crippen molar-refractivity contribution in [3.63, 3.8) is 0 Å². The third kappa shape index (κ3) is 7.26. The van der Waals surface area contributed by atoms with Gasteiger partial charge in [-0.25, -0.2) is 4.98 Å². The molecule has 0 saturated carbocycles. The molecule has 2 rings (SSSR count). The minimum atomic E-state index is -0.445. The SMILES string of the molecule is C/C=C\C(=C/CC)C(=O)NNC(=O)c1ccc(C)c(C#Cc2ccc(NC(C)=O)nc2)c1. The summed E-state index contributed by atoms with van der Waals surface area (Å²) in [7, 11) is 0. The number of aryl methyl sites for hydroxylation is 1. The predicted molar refractivity (Wildman–Crippen MR) is 124 cm³/mol. The van der Waals surface area contributed by atoms with Crippen molar-refractivity contribution in [3.8, 4) is 11.8 Å². The molecule has 0 bridgehead atoms. The molecule has 7 nitrogen and oxygen atoms in total. The molecule has 1 heterocycles. The number of rotatable bonds is 5. The number of nitrogens with zero attached hydrogens (tertiary/aromatic N) is 1. The van der Waals surface area contributed by atoms with Crippen LogP contribution < -0.4 is 16.2 Å². The van der Waals surface area contributed by atoms with Crippen molar-refractivity contribution < 1.29 is 14.4 Å². The quantitative estimate of drug-likeness (QED) is 0.293. The van der Waals surface area contributed by atoms with Gasteiger partial charge in [0.25, 0.3) is 11.8 Å². The molecule has 3 N–H and O–H groups in total. The zero-order valence-corrected chi connectivity index (χ0v) is 18.6. The van der Waals surface area contributed by atoms with Gasteiger partial charge < -0.3 is 5.32 Å². The van der Waals surface area contributed by atoms with Crippen LogP contribution in [0.5, 0.6) is 0 Å². The van der Waals surface area contributed by atoms with E-state index in [4.69, 9.17) is 0 Å². The van der Waals surface area contributed by atoms with Gasteiger partial charge in [-0.1, -0.05) is 43.1 Å². The smallest absolute Gasteiger partial charge is 0.269 e. The van der Waals surface area contributed by atoms with E-state index in [1.807, 2.05) is 20.8 Å². The Kier molecular flexibility index (Phi) is 8.93. The highest BCUT2D eigenvalue weighted by Gasteiger charge is 2.10. The molecule has 0 aliphatic carbocycles. The Morgan fingerprint density at radius 2 is 1.88 bits per heavy atom. The summed E-state index contributed by atoms with van der Waals surface area (Å²) in [6, 6.07) is 8.54. The van der Waals surface area contributed by atoms with Crippen LogP contribution in [0.1, 0.15) is 54.2 Å². The second-order valence-corrected chi connectivity index (χ2v) is 6.87. The van der Waals surface area contributed by atoms with Crippen LogP contribution in [-0.4, -0.2) is 22.7 Å². The Morgan fingerprint density at radius 1 is 1.09 bits per heavy atom. The van der Waals surface area contributed by atoms with Crippen molar-refractivity contribution in [3.05, 3.63) is 82.6 Å². The fraction of sp³-hybridized carbons (Fsp3) is 0.200. The lowest BCUT2D eigenvalue weighted by Crippen LogP contribution is -2.42. The fourth-order valence-electron chi connectivity index (χ4n) is 2.65. The van der Waals surface area contributed by atoms with E-state index in [1.165, 1.54) is 6.92 Å². The average Bonchev–Trinajstić information content (AvgIpc) is 2.77. The molecule has 2 aromatic rings. The number of hydrazine groups is 1. The third-order valence-corrected chi connectivity index (χ3v) is 4.23. The minimum absolute atomic E-state index is 0.197. The van der Waals surface area contributed by atoms with Crippen molar-refractivity contribution in [2.45, 2.75) is 34.1 Å². The maximum atomic E-state index is 12.5. The fourth-order valence-corrected chi connectivity index (χ4v) is 2.65. The van der Waals surface area contributed by atoms with Crippen LogP contribution in [0.2, 0.25) is 0 Å². The molecular formula is C25H26N4O3. The zero-order chi connectivity index (χ0) is 23.5. The van der Waals surface area contributed by atoms with Crippen molar-refractivity contribution in [2.75, 3.05) is 5.32 Å². The van der Waals surface area contributed by atoms with Gasteiger partial charge in [0.1, 0.15) is 5.82 Å². The maximum Gasteiger partial charge on any atom is 0.269 e. The van der Waals surface area contributed by atoms with Crippen LogP contribution >= 0.6 is 0 Å². The van der Waals surface area contributed by atoms with Crippen LogP contribution in [0, 0.1) is 18.8 Å². The Bertz CT molecular complexity index is 1120. The van der Waals surface area contributed by atoms with Crippen LogP contribution in [0.15, 0.2) is 60.3 Å². The second kappa shape index (κ2) is 11.9. The highest BCUT2D eigenvalue weighted by molar-refractivity contribution is 6.00. The molecule has 0 radical (unpaired) electrons. The summed E-state index contributed by atoms with van der Waals surface area (Å²) in [6.07, 6.45) is 7.48. The zero-order valence-electron chi connectivity index (χ0n) is 18.6. The highest BCUT2D eigenvalue weighted by atomic mass is 16.2. The molecule has 0 saturated heterocycles. The van der Waals surface area contributed by atoms with Gasteiger partial charge in [0.05, 0.1) is 0 Å². The van der Waals surface area contributed by atoms with Gasteiger partial charge in [-0.15, -0.1) is 0 Å². The van der Waals surface area contributed by atoms with E-state index in [2.05, 4.69) is 33.0 Å². The van der Waals surface area contributed by atoms with Crippen LogP contribution in [-0.2, 0) is 9.59 Å². The molecule has 164 valence electrons. The number of nitrogens with one attached hydrogen (secondary N) is 3. The first-order valence-electron chi connectivity index (χ1n) is 10.1. The van der Waals surface area contributed by atoms with Gasteiger partial charge in [0.15, 0.2) is 0 Å². The summed E-state index contributed by atoms with van der Waals surface area (Å²) < 4.78 is 0. The summed E-state index contributed by atoms with van der Waals surface area (Å²) in [5, 5.41) is 2.60. The van der Waals surface area contributed by atoms with Crippen molar-refractivity contribution in [1.82, 2.24) is 15.8 Å². The lowest BCUT2D eigenvalue weighted by atomic mass is 10.0. The van der Waals surface area contributed by atoms with E-state index >= 15 is 0 Å². The minimum Gasteiger partial charge on any atom is -0.311 e. The molecule has 0 fully saturated rings. The van der Waals surface area contributed by atoms with E-state index in [-0.39, 0.29) is 11.8 Å². The Morgan fingerprint density at radius 3 is 2.50 bits per heavy atom. The molecule has 0 aliphatic heterocycles. The van der Waals surface area contributed by atoms with Gasteiger partial charge in [-0.05, 0) is 50.1 Å². The normalized spacial score (nSPS) is 10.8. The second-order valence-electron chi connectivity index (χ2n) is 6.87. The molecule has 0 unspecified atom stereocenters. The number of carbonyl (C=O) groups excluding carboxylic acids is 3. The molecule has 0 spiro atoms. The molecule has 1 aromatic carbocycles. The number of anilines is 1. The lowest BCUT2D eigenvalue weighted by molar-refractivity contribution is -0.118. The number of allylic oxidation sites excluding steroid dienone is 2. The Balaban J connectivity index is 2.11. The number of aromatic nitrogens is 1. The summed E-state index contributed by atoms with van der Waals surface area (Å²) in [5.74, 6) is 5.46. The third-order valence-electron chi connectivity index (χ3n) is 4.23. The van der Waals surface area contributed by atoms with Gasteiger partial charge >= 0.3 is 0 Å². The van der Waals surface area contributed by atoms with E-state index < -0.39 is 5.91 Å². The van der Waals surface area contributed by atoms with Crippen molar-refractivity contribution >= 4 is 23.5 Å². The summed E-state index contributed by atoms with van der Waals surface area (Å²) in [5.41, 5.74) is 7.95. The molecule has 7 heteroatoms. The standard InChI is InChI=1S/C25H26N4O3/c1-5-7-20(8-6-2)24(31)28-29-25(32)22-12-9-17(3)21(15-22)13-10-19-11-14-23(26-16-19)27-18(4)30/h5,7-9,11-12,14-16H,6H2,1-4H3,(H,28,31)(H,29,32)(H,26,27,30)/b7-5-,20-8+. The average molecular weight is 431 g/mol. The summed E-state index contributed by atoms with van der Waals surface area (Å²) in [6.45, 7) is 7.05. The van der Waals surface area contributed by atoms with Crippen molar-refractivity contribution in [1.29, 1.82) is 0 Å². The van der Waals surface area contributed by atoms with Crippen molar-refractivity contribution in [2.24, 2.45) is 0 Å². The molecule has 32 heavy (non-hydrogen) atoms. The van der Waals surface area contributed by atoms with Crippen LogP contribution in [0.25, 0.3) is 0 Å². The highest BCUT2D eigenvalue weighted by Crippen LogP contribution is 2.11. The first-order chi connectivity index (χ1) is 15.3. The number of hydrogen-bond donors (Lipinski definition) is 3. The van der Waals surface area contributed by atoms with Gasteiger partial charge in [0.2, 0.25) is 5.91 Å². The molecular weight excluding hydrogens is 404 g/mol. The molecule has 0 atom stereocenters. The molecule has 1 aromatic heterocycles. The van der Waals surface area contributed by atoms with E-state index in [0.29, 0.717) is 34.5 Å². The number of benzene rings is 1. The topological polar surface area (TPSA) is 100 Å². The number of pyridine rings is 1. The van der Waals surface area contributed by atoms with Gasteiger partial charge in [-0.3, -0.25) is 25.2 Å².